The van der Waals surface area contributed by atoms with Crippen LogP contribution in [0.1, 0.15) is 33.6 Å². The van der Waals surface area contributed by atoms with Gasteiger partial charge in [-0.15, -0.1) is 0 Å². The third kappa shape index (κ3) is 2.34. The molecule has 1 nitrogen and oxygen atoms in total. The highest BCUT2D eigenvalue weighted by molar-refractivity contribution is 5.92. The number of hydrogen-bond acceptors (Lipinski definition) is 1. The van der Waals surface area contributed by atoms with Gasteiger partial charge in [0.2, 0.25) is 0 Å². The first-order valence-electron chi connectivity index (χ1n) is 5.53. The largest absolute Gasteiger partial charge is 0.295 e. The van der Waals surface area contributed by atoms with Gasteiger partial charge in [-0.25, -0.2) is 0 Å². The average Bonchev–Trinajstić information content (AvgIpc) is 2.17. The second-order valence-corrected chi connectivity index (χ2v) is 4.12. The van der Waals surface area contributed by atoms with Crippen LogP contribution in [0.4, 0.5) is 0 Å². The third-order valence-corrected chi connectivity index (χ3v) is 3.14. The first-order chi connectivity index (χ1) is 6.70. The molecular formula is C13H20O. The van der Waals surface area contributed by atoms with Crippen LogP contribution in [-0.4, -0.2) is 5.78 Å². The number of carbonyl (C=O) groups is 1. The topological polar surface area (TPSA) is 17.1 Å². The monoisotopic (exact) mass is 192 g/mol. The molecule has 0 saturated heterocycles. The molecule has 0 saturated carbocycles. The maximum atomic E-state index is 11.9. The molecule has 1 aliphatic rings. The fourth-order valence-electron chi connectivity index (χ4n) is 2.35. The fraction of sp³-hybridized carbons (Fsp3) is 0.615. The predicted molar refractivity (Wildman–Crippen MR) is 60.0 cm³/mol. The van der Waals surface area contributed by atoms with E-state index in [-0.39, 0.29) is 5.92 Å². The average molecular weight is 192 g/mol. The summed E-state index contributed by atoms with van der Waals surface area (Å²) < 4.78 is 0. The molecule has 1 aliphatic carbocycles. The van der Waals surface area contributed by atoms with Gasteiger partial charge in [-0.05, 0) is 31.3 Å². The molecule has 0 unspecified atom stereocenters. The van der Waals surface area contributed by atoms with E-state index in [2.05, 4.69) is 26.0 Å². The molecule has 0 amide bonds. The van der Waals surface area contributed by atoms with Gasteiger partial charge < -0.3 is 0 Å². The minimum absolute atomic E-state index is 0.209. The Morgan fingerprint density at radius 2 is 2.29 bits per heavy atom. The Hall–Kier alpha value is -0.850. The van der Waals surface area contributed by atoms with Crippen molar-refractivity contribution in [2.75, 3.05) is 0 Å². The van der Waals surface area contributed by atoms with Crippen LogP contribution in [0, 0.1) is 17.8 Å². The number of rotatable bonds is 3. The van der Waals surface area contributed by atoms with Gasteiger partial charge in [-0.1, -0.05) is 38.5 Å². The molecule has 0 spiro atoms. The van der Waals surface area contributed by atoms with Gasteiger partial charge in [-0.2, -0.15) is 0 Å². The highest BCUT2D eigenvalue weighted by Crippen LogP contribution is 2.33. The lowest BCUT2D eigenvalue weighted by Gasteiger charge is -2.30. The molecule has 0 bridgehead atoms. The zero-order valence-corrected chi connectivity index (χ0v) is 9.36. The molecule has 0 radical (unpaired) electrons. The normalized spacial score (nSPS) is 32.4. The quantitative estimate of drug-likeness (QED) is 0.495. The highest BCUT2D eigenvalue weighted by atomic mass is 16.1. The summed E-state index contributed by atoms with van der Waals surface area (Å²) in [5, 5.41) is 0. The standard InChI is InChI=1S/C13H20O/c1-4-7-12(14)13-10(3)8-6-9-11(13)5-2/h4,6-8,10-11,13H,5,9H2,1-3H3/t10-,11-,13-/m0/s1. The Labute approximate surface area is 86.9 Å². The van der Waals surface area contributed by atoms with Crippen LogP contribution >= 0.6 is 0 Å². The molecule has 0 N–H and O–H groups in total. The van der Waals surface area contributed by atoms with E-state index in [9.17, 15) is 4.79 Å². The molecular weight excluding hydrogens is 172 g/mol. The van der Waals surface area contributed by atoms with Crippen molar-refractivity contribution < 1.29 is 4.79 Å². The number of hydrogen-bond donors (Lipinski definition) is 0. The van der Waals surface area contributed by atoms with Crippen LogP contribution in [0.5, 0.6) is 0 Å². The molecule has 78 valence electrons. The van der Waals surface area contributed by atoms with Crippen LogP contribution < -0.4 is 0 Å². The van der Waals surface area contributed by atoms with Gasteiger partial charge in [0, 0.05) is 5.92 Å². The van der Waals surface area contributed by atoms with Crippen molar-refractivity contribution in [2.45, 2.75) is 33.6 Å². The van der Waals surface area contributed by atoms with Crippen LogP contribution in [0.3, 0.4) is 0 Å². The smallest absolute Gasteiger partial charge is 0.159 e. The van der Waals surface area contributed by atoms with E-state index in [0.29, 0.717) is 17.6 Å². The van der Waals surface area contributed by atoms with Gasteiger partial charge in [0.25, 0.3) is 0 Å². The minimum Gasteiger partial charge on any atom is -0.295 e. The van der Waals surface area contributed by atoms with E-state index >= 15 is 0 Å². The second kappa shape index (κ2) is 5.14. The zero-order chi connectivity index (χ0) is 10.6. The van der Waals surface area contributed by atoms with Crippen molar-refractivity contribution in [3.8, 4) is 0 Å². The van der Waals surface area contributed by atoms with Crippen molar-refractivity contribution in [1.29, 1.82) is 0 Å². The number of ketones is 1. The number of allylic oxidation sites excluding steroid dienone is 4. The minimum atomic E-state index is 0.209. The van der Waals surface area contributed by atoms with Crippen molar-refractivity contribution in [2.24, 2.45) is 17.8 Å². The molecule has 1 heteroatoms. The molecule has 0 heterocycles. The summed E-state index contributed by atoms with van der Waals surface area (Å²) >= 11 is 0. The SMILES string of the molecule is CC=CC(=O)[C@@H]1[C@@H](CC)CC=C[C@@H]1C. The maximum Gasteiger partial charge on any atom is 0.159 e. The molecule has 14 heavy (non-hydrogen) atoms. The molecule has 1 rings (SSSR count). The lowest BCUT2D eigenvalue weighted by molar-refractivity contribution is -0.121. The predicted octanol–water partition coefficient (Wildman–Crippen LogP) is 3.37. The highest BCUT2D eigenvalue weighted by Gasteiger charge is 2.30. The van der Waals surface area contributed by atoms with E-state index in [1.54, 1.807) is 6.08 Å². The lowest BCUT2D eigenvalue weighted by Crippen LogP contribution is -2.29. The fourth-order valence-corrected chi connectivity index (χ4v) is 2.35. The summed E-state index contributed by atoms with van der Waals surface area (Å²) in [6.45, 7) is 6.22. The summed E-state index contributed by atoms with van der Waals surface area (Å²) in [5.41, 5.74) is 0. The number of carbonyl (C=O) groups excluding carboxylic acids is 1. The van der Waals surface area contributed by atoms with Gasteiger partial charge in [0.15, 0.2) is 5.78 Å². The van der Waals surface area contributed by atoms with Crippen LogP contribution in [0.25, 0.3) is 0 Å². The van der Waals surface area contributed by atoms with Gasteiger partial charge >= 0.3 is 0 Å². The summed E-state index contributed by atoms with van der Waals surface area (Å²) in [6.07, 6.45) is 10.1. The van der Waals surface area contributed by atoms with Crippen LogP contribution in [0.2, 0.25) is 0 Å². The maximum absolute atomic E-state index is 11.9. The molecule has 0 fully saturated rings. The Bertz CT molecular complexity index is 250. The van der Waals surface area contributed by atoms with E-state index in [0.717, 1.165) is 12.8 Å². The van der Waals surface area contributed by atoms with Crippen molar-refractivity contribution >= 4 is 5.78 Å². The van der Waals surface area contributed by atoms with Crippen LogP contribution in [0.15, 0.2) is 24.3 Å². The van der Waals surface area contributed by atoms with Gasteiger partial charge in [0.05, 0.1) is 0 Å². The summed E-state index contributed by atoms with van der Waals surface area (Å²) in [6, 6.07) is 0. The summed E-state index contributed by atoms with van der Waals surface area (Å²) in [7, 11) is 0. The molecule has 0 aromatic rings. The first-order valence-corrected chi connectivity index (χ1v) is 5.53. The van der Waals surface area contributed by atoms with Crippen LogP contribution in [-0.2, 0) is 4.79 Å². The first kappa shape index (κ1) is 11.2. The van der Waals surface area contributed by atoms with E-state index in [4.69, 9.17) is 0 Å². The lowest BCUT2D eigenvalue weighted by atomic mass is 9.73. The Morgan fingerprint density at radius 3 is 2.86 bits per heavy atom. The van der Waals surface area contributed by atoms with E-state index < -0.39 is 0 Å². The summed E-state index contributed by atoms with van der Waals surface area (Å²) in [4.78, 5) is 11.9. The van der Waals surface area contributed by atoms with Gasteiger partial charge in [-0.3, -0.25) is 4.79 Å². The van der Waals surface area contributed by atoms with Gasteiger partial charge in [0.1, 0.15) is 0 Å². The Morgan fingerprint density at radius 1 is 1.57 bits per heavy atom. The molecule has 0 aliphatic heterocycles. The molecule has 3 atom stereocenters. The molecule has 0 aromatic carbocycles. The Balaban J connectivity index is 2.80. The van der Waals surface area contributed by atoms with E-state index in [1.807, 2.05) is 13.0 Å². The third-order valence-electron chi connectivity index (χ3n) is 3.14. The Kier molecular flexibility index (Phi) is 4.12. The summed E-state index contributed by atoms with van der Waals surface area (Å²) in [5.74, 6) is 1.45. The van der Waals surface area contributed by atoms with Crippen molar-refractivity contribution in [3.63, 3.8) is 0 Å². The van der Waals surface area contributed by atoms with Crippen molar-refractivity contribution in [1.82, 2.24) is 0 Å². The zero-order valence-electron chi connectivity index (χ0n) is 9.36. The molecule has 0 aromatic heterocycles. The van der Waals surface area contributed by atoms with Crippen molar-refractivity contribution in [3.05, 3.63) is 24.3 Å². The second-order valence-electron chi connectivity index (χ2n) is 4.12. The van der Waals surface area contributed by atoms with E-state index in [1.165, 1.54) is 0 Å².